The van der Waals surface area contributed by atoms with E-state index in [4.69, 9.17) is 14.4 Å². The molecule has 1 N–H and O–H groups in total. The van der Waals surface area contributed by atoms with Crippen molar-refractivity contribution >= 4 is 33.0 Å². The lowest BCUT2D eigenvalue weighted by Crippen LogP contribution is -2.11. The molecule has 0 unspecified atom stereocenters. The van der Waals surface area contributed by atoms with E-state index < -0.39 is 0 Å². The maximum absolute atomic E-state index is 11.8. The molecule has 15 aromatic rings. The molecule has 0 aliphatic heterocycles. The predicted molar refractivity (Wildman–Crippen MR) is 425 cm³/mol. The minimum absolute atomic E-state index is 0.115. The van der Waals surface area contributed by atoms with Gasteiger partial charge in [0.15, 0.2) is 5.82 Å². The second-order valence-corrected chi connectivity index (χ2v) is 30.7. The normalized spacial score (nSPS) is 12.4. The van der Waals surface area contributed by atoms with Gasteiger partial charge in [0.2, 0.25) is 0 Å². The van der Waals surface area contributed by atoms with Crippen molar-refractivity contribution in [3.05, 3.63) is 297 Å². The number of imidazole rings is 1. The quantitative estimate of drug-likeness (QED) is 0.148. The zero-order chi connectivity index (χ0) is 70.1. The maximum atomic E-state index is 11.8. The van der Waals surface area contributed by atoms with Crippen LogP contribution in [0, 0.1) is 55.4 Å². The van der Waals surface area contributed by atoms with E-state index in [0.29, 0.717) is 11.5 Å². The fraction of sp³-hybridized carbons (Fsp3) is 0.188. The van der Waals surface area contributed by atoms with Crippen LogP contribution in [0.15, 0.2) is 235 Å². The molecule has 5 heteroatoms. The Kier molecular flexibility index (Phi) is 15.7. The zero-order valence-corrected chi connectivity index (χ0v) is 60.6. The van der Waals surface area contributed by atoms with Gasteiger partial charge in [-0.05, 0) is 267 Å². The molecule has 3 heterocycles. The summed E-state index contributed by atoms with van der Waals surface area (Å²) in [6.45, 7) is 31.8. The van der Waals surface area contributed by atoms with E-state index in [1.165, 1.54) is 66.8 Å². The van der Waals surface area contributed by atoms with Crippen molar-refractivity contribution in [2.24, 2.45) is 0 Å². The first-order valence-electron chi connectivity index (χ1n) is 35.7. The summed E-state index contributed by atoms with van der Waals surface area (Å²) in [5, 5.41) is 13.8. The van der Waals surface area contributed by atoms with E-state index in [9.17, 15) is 5.11 Å². The number of aromatic nitrogens is 3. The Balaban J connectivity index is 1.09. The molecule has 0 radical (unpaired) electrons. The van der Waals surface area contributed by atoms with Crippen molar-refractivity contribution in [1.82, 2.24) is 14.5 Å². The number of aromatic hydroxyl groups is 1. The van der Waals surface area contributed by atoms with Gasteiger partial charge in [0.05, 0.1) is 22.4 Å². The van der Waals surface area contributed by atoms with Gasteiger partial charge in [0, 0.05) is 21.9 Å². The Hall–Kier alpha value is -11.1. The van der Waals surface area contributed by atoms with E-state index in [1.54, 1.807) is 6.07 Å². The van der Waals surface area contributed by atoms with Crippen molar-refractivity contribution < 1.29 is 9.52 Å². The topological polar surface area (TPSA) is 64.1 Å². The Morgan fingerprint density at radius 1 is 0.366 bits per heavy atom. The van der Waals surface area contributed by atoms with Crippen LogP contribution in [0.5, 0.6) is 5.75 Å². The first kappa shape index (κ1) is 64.5. The molecule has 16 rings (SSSR count). The van der Waals surface area contributed by atoms with Gasteiger partial charge in [0.25, 0.3) is 0 Å². The van der Waals surface area contributed by atoms with Crippen LogP contribution in [0.2, 0.25) is 0 Å². The summed E-state index contributed by atoms with van der Waals surface area (Å²) in [6, 6.07) is 85.4. The highest BCUT2D eigenvalue weighted by Gasteiger charge is 2.31. The van der Waals surface area contributed by atoms with Crippen molar-refractivity contribution in [1.29, 1.82) is 0 Å². The SMILES string of the molecule is Cc1cc(C)c(-c2cccc(-c3c(C)cc(C)cc3C)c2-c2cc(-c3cc(-c4c(-c5cccc(C(C)(C)C)c5)cccc4-c4cc(-c5ccccc5)cc(C(C)(C)C)c4)c4c(c3)oc3ccccc34)c3nc(-c4ccc5c(n4)-c4c(O)cccc4CC5)n(-c4c(C)cccc4C)c3c2)c(C)c1. The fourth-order valence-electron chi connectivity index (χ4n) is 16.7. The number of benzene rings is 12. The standard InChI is InChI=1S/C96H85N3O2/c1-55-43-59(5)85(60(6)44-55)76-35-24-36-77(86-61(7)45-56(2)46-62(86)8)87(76)70-52-78(92-81(53-70)99(93-57(3)25-20-26-58(93)4)94(98-92)80-42-41-65-40-39-64-29-22-37-82(100)88(64)91(65)97-80)69-51-79(90-75-32-18-19-38-83(75)101-84(90)54-69)89-73(66-30-21-31-71(48-66)95(9,10)11)33-23-34-74(89)68-47-67(63-27-16-15-17-28-63)49-72(50-68)96(12,13)14/h15-38,41-54,100H,39-40H2,1-14H3. The van der Waals surface area contributed by atoms with Crippen LogP contribution in [0.4, 0.5) is 0 Å². The van der Waals surface area contributed by atoms with Crippen molar-refractivity contribution in [3.63, 3.8) is 0 Å². The molecule has 0 fully saturated rings. The average molecular weight is 1310 g/mol. The summed E-state index contributed by atoms with van der Waals surface area (Å²) in [6.07, 6.45) is 1.64. The number of fused-ring (bicyclic) bond motifs is 7. The number of para-hydroxylation sites is 2. The molecule has 1 aliphatic carbocycles. The van der Waals surface area contributed by atoms with Crippen LogP contribution in [0.3, 0.4) is 0 Å². The minimum atomic E-state index is -0.172. The Labute approximate surface area is 594 Å². The van der Waals surface area contributed by atoms with Gasteiger partial charge >= 0.3 is 0 Å². The number of furan rings is 1. The number of rotatable bonds is 10. The molecule has 0 spiro atoms. The molecule has 0 atom stereocenters. The predicted octanol–water partition coefficient (Wildman–Crippen LogP) is 25.9. The number of hydrogen-bond acceptors (Lipinski definition) is 4. The van der Waals surface area contributed by atoms with Crippen LogP contribution in [-0.2, 0) is 23.7 Å². The Morgan fingerprint density at radius 3 is 1.59 bits per heavy atom. The van der Waals surface area contributed by atoms with E-state index in [2.05, 4.69) is 320 Å². The summed E-state index contributed by atoms with van der Waals surface area (Å²) < 4.78 is 9.75. The van der Waals surface area contributed by atoms with E-state index >= 15 is 0 Å². The first-order valence-corrected chi connectivity index (χ1v) is 35.7. The summed E-state index contributed by atoms with van der Waals surface area (Å²) in [5.74, 6) is 0.937. The molecule has 0 bridgehead atoms. The van der Waals surface area contributed by atoms with E-state index in [1.807, 2.05) is 6.07 Å². The molecule has 1 aliphatic rings. The lowest BCUT2D eigenvalue weighted by molar-refractivity contribution is 0.476. The van der Waals surface area contributed by atoms with E-state index in [0.717, 1.165) is 152 Å². The summed E-state index contributed by atoms with van der Waals surface area (Å²) in [4.78, 5) is 11.8. The van der Waals surface area contributed by atoms with Crippen molar-refractivity contribution in [2.45, 2.75) is 121 Å². The van der Waals surface area contributed by atoms with Gasteiger partial charge < -0.3 is 9.52 Å². The summed E-state index contributed by atoms with van der Waals surface area (Å²) >= 11 is 0. The Bertz CT molecular complexity index is 5760. The number of aryl methyl sites for hydroxylation is 10. The molecular formula is C96H85N3O2. The molecule has 3 aromatic heterocycles. The highest BCUT2D eigenvalue weighted by molar-refractivity contribution is 6.18. The lowest BCUT2D eigenvalue weighted by atomic mass is 9.79. The Morgan fingerprint density at radius 2 is 0.921 bits per heavy atom. The maximum Gasteiger partial charge on any atom is 0.164 e. The number of pyridine rings is 1. The van der Waals surface area contributed by atoms with Crippen molar-refractivity contribution in [2.75, 3.05) is 0 Å². The minimum Gasteiger partial charge on any atom is -0.507 e. The van der Waals surface area contributed by atoms with Crippen LogP contribution < -0.4 is 0 Å². The fourth-order valence-corrected chi connectivity index (χ4v) is 16.7. The van der Waals surface area contributed by atoms with Gasteiger partial charge in [-0.2, -0.15) is 0 Å². The molecule has 12 aromatic carbocycles. The molecule has 496 valence electrons. The molecule has 0 saturated carbocycles. The van der Waals surface area contributed by atoms with Gasteiger partial charge in [-0.1, -0.05) is 235 Å². The van der Waals surface area contributed by atoms with Crippen LogP contribution in [0.25, 0.3) is 150 Å². The lowest BCUT2D eigenvalue weighted by Gasteiger charge is -2.24. The monoisotopic (exact) mass is 1310 g/mol. The van der Waals surface area contributed by atoms with Crippen molar-refractivity contribution in [3.8, 4) is 123 Å². The van der Waals surface area contributed by atoms with Gasteiger partial charge in [0.1, 0.15) is 22.6 Å². The number of phenols is 1. The average Bonchev–Trinajstić information content (AvgIpc) is 1.61. The third kappa shape index (κ3) is 11.3. The van der Waals surface area contributed by atoms with Crippen LogP contribution in [0.1, 0.15) is 108 Å². The van der Waals surface area contributed by atoms with Crippen LogP contribution >= 0.6 is 0 Å². The molecule has 5 nitrogen and oxygen atoms in total. The van der Waals surface area contributed by atoms with E-state index in [-0.39, 0.29) is 16.6 Å². The molecular weight excluding hydrogens is 1230 g/mol. The third-order valence-electron chi connectivity index (χ3n) is 21.3. The highest BCUT2D eigenvalue weighted by atomic mass is 16.3. The summed E-state index contributed by atoms with van der Waals surface area (Å²) in [5.41, 5.74) is 38.5. The first-order chi connectivity index (χ1) is 48.5. The second-order valence-electron chi connectivity index (χ2n) is 30.7. The zero-order valence-electron chi connectivity index (χ0n) is 60.6. The van der Waals surface area contributed by atoms with Crippen LogP contribution in [-0.4, -0.2) is 19.6 Å². The molecule has 0 saturated heterocycles. The highest BCUT2D eigenvalue weighted by Crippen LogP contribution is 2.53. The van der Waals surface area contributed by atoms with Gasteiger partial charge in [-0.3, -0.25) is 4.57 Å². The smallest absolute Gasteiger partial charge is 0.164 e. The van der Waals surface area contributed by atoms with Gasteiger partial charge in [-0.15, -0.1) is 0 Å². The second kappa shape index (κ2) is 24.6. The third-order valence-corrected chi connectivity index (χ3v) is 21.3. The summed E-state index contributed by atoms with van der Waals surface area (Å²) in [7, 11) is 0. The number of phenolic OH excluding ortho intramolecular Hbond substituents is 1. The van der Waals surface area contributed by atoms with Gasteiger partial charge in [-0.25, -0.2) is 9.97 Å². The number of nitrogens with zero attached hydrogens (tertiary/aromatic N) is 3. The number of hydrogen-bond donors (Lipinski definition) is 1. The molecule has 101 heavy (non-hydrogen) atoms. The molecule has 0 amide bonds. The largest absolute Gasteiger partial charge is 0.507 e.